The molecule has 158 valence electrons. The van der Waals surface area contributed by atoms with E-state index >= 15 is 0 Å². The molecule has 5 heteroatoms. The van der Waals surface area contributed by atoms with Gasteiger partial charge >= 0.3 is 0 Å². The summed E-state index contributed by atoms with van der Waals surface area (Å²) < 4.78 is 5.43. The molecule has 1 amide bonds. The number of aromatic amines is 1. The Kier molecular flexibility index (Phi) is 6.75. The Morgan fingerprint density at radius 2 is 1.81 bits per heavy atom. The molecule has 0 fully saturated rings. The Balaban J connectivity index is 1.42. The lowest BCUT2D eigenvalue weighted by molar-refractivity contribution is 0.0941. The fourth-order valence-electron chi connectivity index (χ4n) is 3.58. The first-order valence-electron chi connectivity index (χ1n) is 10.8. The van der Waals surface area contributed by atoms with Gasteiger partial charge < -0.3 is 10.1 Å². The highest BCUT2D eigenvalue weighted by atomic mass is 16.5. The van der Waals surface area contributed by atoms with Crippen LogP contribution in [-0.2, 0) is 4.74 Å². The molecule has 0 aliphatic heterocycles. The number of benzene rings is 3. The summed E-state index contributed by atoms with van der Waals surface area (Å²) in [6.45, 7) is 4.13. The van der Waals surface area contributed by atoms with E-state index in [0.717, 1.165) is 42.0 Å². The van der Waals surface area contributed by atoms with E-state index in [1.54, 1.807) is 0 Å². The third kappa shape index (κ3) is 5.01. The largest absolute Gasteiger partial charge is 0.381 e. The summed E-state index contributed by atoms with van der Waals surface area (Å²) in [5.74, 6) is -0.0690. The molecule has 0 bridgehead atoms. The molecule has 0 saturated carbocycles. The lowest BCUT2D eigenvalue weighted by atomic mass is 10.0. The summed E-state index contributed by atoms with van der Waals surface area (Å²) in [7, 11) is 0. The molecule has 31 heavy (non-hydrogen) atoms. The summed E-state index contributed by atoms with van der Waals surface area (Å²) >= 11 is 0. The van der Waals surface area contributed by atoms with Crippen molar-refractivity contribution < 1.29 is 9.53 Å². The van der Waals surface area contributed by atoms with Crippen LogP contribution < -0.4 is 5.32 Å². The van der Waals surface area contributed by atoms with Crippen LogP contribution in [0.25, 0.3) is 33.3 Å². The molecule has 1 aromatic heterocycles. The molecule has 0 aliphatic rings. The topological polar surface area (TPSA) is 67.0 Å². The SMILES string of the molecule is CCCOCCCNC(=O)c1ccc(-c2cc(-c3cccc4ccccc34)[nH]n2)cc1. The van der Waals surface area contributed by atoms with Gasteiger partial charge in [0.05, 0.1) is 11.4 Å². The zero-order valence-electron chi connectivity index (χ0n) is 17.7. The molecule has 1 heterocycles. The lowest BCUT2D eigenvalue weighted by Gasteiger charge is -2.06. The Morgan fingerprint density at radius 1 is 1.00 bits per heavy atom. The van der Waals surface area contributed by atoms with E-state index in [9.17, 15) is 4.79 Å². The molecule has 4 aromatic rings. The van der Waals surface area contributed by atoms with Crippen molar-refractivity contribution in [3.8, 4) is 22.5 Å². The monoisotopic (exact) mass is 413 g/mol. The van der Waals surface area contributed by atoms with Crippen LogP contribution in [0.15, 0.2) is 72.8 Å². The van der Waals surface area contributed by atoms with Gasteiger partial charge in [-0.1, -0.05) is 61.5 Å². The van der Waals surface area contributed by atoms with Crippen LogP contribution in [0.1, 0.15) is 30.1 Å². The van der Waals surface area contributed by atoms with Crippen LogP contribution in [-0.4, -0.2) is 35.9 Å². The van der Waals surface area contributed by atoms with Crippen LogP contribution >= 0.6 is 0 Å². The predicted molar refractivity (Wildman–Crippen MR) is 125 cm³/mol. The third-order valence-electron chi connectivity index (χ3n) is 5.20. The van der Waals surface area contributed by atoms with Crippen LogP contribution in [0.4, 0.5) is 0 Å². The number of amides is 1. The minimum atomic E-state index is -0.0690. The van der Waals surface area contributed by atoms with Crippen LogP contribution in [0, 0.1) is 0 Å². The van der Waals surface area contributed by atoms with Crippen molar-refractivity contribution in [1.82, 2.24) is 15.5 Å². The van der Waals surface area contributed by atoms with E-state index in [-0.39, 0.29) is 5.91 Å². The maximum absolute atomic E-state index is 12.3. The predicted octanol–water partition coefficient (Wildman–Crippen LogP) is 5.44. The van der Waals surface area contributed by atoms with E-state index in [2.05, 4.69) is 52.8 Å². The maximum Gasteiger partial charge on any atom is 0.251 e. The van der Waals surface area contributed by atoms with Crippen LogP contribution in [0.5, 0.6) is 0 Å². The standard InChI is InChI=1S/C26H27N3O2/c1-2-16-31-17-6-15-27-26(30)21-13-11-20(12-14-21)24-18-25(29-28-24)23-10-5-8-19-7-3-4-9-22(19)23/h3-5,7-14,18H,2,6,15-17H2,1H3,(H,27,30)(H,28,29). The number of hydrogen-bond donors (Lipinski definition) is 2. The molecule has 2 N–H and O–H groups in total. The van der Waals surface area contributed by atoms with Gasteiger partial charge in [-0.15, -0.1) is 0 Å². The number of hydrogen-bond acceptors (Lipinski definition) is 3. The second kappa shape index (κ2) is 10.0. The number of aromatic nitrogens is 2. The average Bonchev–Trinajstić information content (AvgIpc) is 3.31. The molecule has 0 unspecified atom stereocenters. The van der Waals surface area contributed by atoms with Gasteiger partial charge in [-0.2, -0.15) is 5.10 Å². The summed E-state index contributed by atoms with van der Waals surface area (Å²) in [4.78, 5) is 12.3. The summed E-state index contributed by atoms with van der Waals surface area (Å²) in [6, 6.07) is 24.2. The smallest absolute Gasteiger partial charge is 0.251 e. The summed E-state index contributed by atoms with van der Waals surface area (Å²) in [5.41, 5.74) is 4.55. The Bertz CT molecular complexity index is 1140. The Hall–Kier alpha value is -3.44. The van der Waals surface area contributed by atoms with E-state index in [1.807, 2.05) is 42.5 Å². The second-order valence-electron chi connectivity index (χ2n) is 7.49. The third-order valence-corrected chi connectivity index (χ3v) is 5.20. The average molecular weight is 414 g/mol. The number of rotatable bonds is 9. The van der Waals surface area contributed by atoms with Gasteiger partial charge in [-0.05, 0) is 41.8 Å². The molecule has 4 rings (SSSR count). The van der Waals surface area contributed by atoms with Gasteiger partial charge in [0.25, 0.3) is 5.91 Å². The molecule has 0 spiro atoms. The fourth-order valence-corrected chi connectivity index (χ4v) is 3.58. The van der Waals surface area contributed by atoms with Crippen molar-refractivity contribution in [1.29, 1.82) is 0 Å². The Labute approximate surface area is 182 Å². The molecule has 0 radical (unpaired) electrons. The van der Waals surface area contributed by atoms with E-state index in [4.69, 9.17) is 4.74 Å². The minimum Gasteiger partial charge on any atom is -0.381 e. The van der Waals surface area contributed by atoms with E-state index in [0.29, 0.717) is 18.7 Å². The zero-order chi connectivity index (χ0) is 21.5. The summed E-state index contributed by atoms with van der Waals surface area (Å²) in [6.07, 6.45) is 1.83. The van der Waals surface area contributed by atoms with Gasteiger partial charge in [-0.25, -0.2) is 0 Å². The number of H-pyrrole nitrogens is 1. The molecular formula is C26H27N3O2. The fraction of sp³-hybridized carbons (Fsp3) is 0.231. The number of fused-ring (bicyclic) bond motifs is 1. The van der Waals surface area contributed by atoms with Gasteiger partial charge in [-0.3, -0.25) is 9.89 Å². The normalized spacial score (nSPS) is 11.0. The lowest BCUT2D eigenvalue weighted by Crippen LogP contribution is -2.25. The molecule has 5 nitrogen and oxygen atoms in total. The molecule has 0 atom stereocenters. The quantitative estimate of drug-likeness (QED) is 0.359. The number of ether oxygens (including phenoxy) is 1. The van der Waals surface area contributed by atoms with Crippen molar-refractivity contribution >= 4 is 16.7 Å². The van der Waals surface area contributed by atoms with Crippen LogP contribution in [0.2, 0.25) is 0 Å². The van der Waals surface area contributed by atoms with Crippen molar-refractivity contribution in [2.24, 2.45) is 0 Å². The number of nitrogens with one attached hydrogen (secondary N) is 2. The number of carbonyl (C=O) groups is 1. The highest BCUT2D eigenvalue weighted by Gasteiger charge is 2.10. The van der Waals surface area contributed by atoms with Crippen molar-refractivity contribution in [2.45, 2.75) is 19.8 Å². The molecule has 0 saturated heterocycles. The second-order valence-corrected chi connectivity index (χ2v) is 7.49. The van der Waals surface area contributed by atoms with E-state index in [1.165, 1.54) is 10.8 Å². The highest BCUT2D eigenvalue weighted by molar-refractivity contribution is 5.96. The van der Waals surface area contributed by atoms with Gasteiger partial charge in [0.1, 0.15) is 0 Å². The van der Waals surface area contributed by atoms with Crippen molar-refractivity contribution in [3.05, 3.63) is 78.4 Å². The molecule has 3 aromatic carbocycles. The maximum atomic E-state index is 12.3. The molecular weight excluding hydrogens is 386 g/mol. The summed E-state index contributed by atoms with van der Waals surface area (Å²) in [5, 5.41) is 13.0. The minimum absolute atomic E-state index is 0.0690. The Morgan fingerprint density at radius 3 is 2.65 bits per heavy atom. The van der Waals surface area contributed by atoms with Gasteiger partial charge in [0.15, 0.2) is 0 Å². The zero-order valence-corrected chi connectivity index (χ0v) is 17.7. The first kappa shape index (κ1) is 20.8. The number of nitrogens with zero attached hydrogens (tertiary/aromatic N) is 1. The first-order chi connectivity index (χ1) is 15.3. The number of carbonyl (C=O) groups excluding carboxylic acids is 1. The van der Waals surface area contributed by atoms with E-state index < -0.39 is 0 Å². The molecule has 0 aliphatic carbocycles. The highest BCUT2D eigenvalue weighted by Crippen LogP contribution is 2.29. The van der Waals surface area contributed by atoms with Gasteiger partial charge in [0.2, 0.25) is 0 Å². The van der Waals surface area contributed by atoms with Crippen molar-refractivity contribution in [2.75, 3.05) is 19.8 Å². The van der Waals surface area contributed by atoms with Crippen molar-refractivity contribution in [3.63, 3.8) is 0 Å². The van der Waals surface area contributed by atoms with Crippen LogP contribution in [0.3, 0.4) is 0 Å². The van der Waals surface area contributed by atoms with Gasteiger partial charge in [0, 0.05) is 36.4 Å². The first-order valence-corrected chi connectivity index (χ1v) is 10.8.